The van der Waals surface area contributed by atoms with Crippen molar-refractivity contribution in [1.82, 2.24) is 10.6 Å². The van der Waals surface area contributed by atoms with Crippen LogP contribution in [0.4, 0.5) is 4.79 Å². The van der Waals surface area contributed by atoms with Gasteiger partial charge in [-0.05, 0) is 25.7 Å². The van der Waals surface area contributed by atoms with Crippen molar-refractivity contribution < 1.29 is 14.6 Å². The number of piperazine rings is 1. The molecule has 1 aliphatic carbocycles. The van der Waals surface area contributed by atoms with Crippen molar-refractivity contribution in [3.05, 3.63) is 0 Å². The summed E-state index contributed by atoms with van der Waals surface area (Å²) >= 11 is 0. The van der Waals surface area contributed by atoms with Crippen LogP contribution in [0.3, 0.4) is 0 Å². The molecule has 0 unspecified atom stereocenters. The molecule has 0 aromatic rings. The molecule has 0 aromatic carbocycles. The van der Waals surface area contributed by atoms with Crippen LogP contribution in [0.2, 0.25) is 0 Å². The number of amides is 2. The molecule has 2 rings (SSSR count). The fourth-order valence-corrected chi connectivity index (χ4v) is 3.53. The maximum atomic E-state index is 11.1. The van der Waals surface area contributed by atoms with Crippen LogP contribution in [0.25, 0.3) is 0 Å². The molecule has 110 valence electrons. The summed E-state index contributed by atoms with van der Waals surface area (Å²) in [7, 11) is 1.66. The lowest BCUT2D eigenvalue weighted by molar-refractivity contribution is -1.02. The van der Waals surface area contributed by atoms with Crippen LogP contribution in [0.5, 0.6) is 0 Å². The largest absolute Gasteiger partial charge is 0.341 e. The van der Waals surface area contributed by atoms with Crippen molar-refractivity contribution in [2.75, 3.05) is 46.3 Å². The fourth-order valence-electron chi connectivity index (χ4n) is 3.53. The van der Waals surface area contributed by atoms with Gasteiger partial charge < -0.3 is 20.4 Å². The summed E-state index contributed by atoms with van der Waals surface area (Å²) in [4.78, 5) is 14.6. The molecule has 4 N–H and O–H groups in total. The number of carbonyl (C=O) groups is 1. The second-order valence-corrected chi connectivity index (χ2v) is 6.00. The average molecular weight is 270 g/mol. The second kappa shape index (κ2) is 7.70. The summed E-state index contributed by atoms with van der Waals surface area (Å²) in [5.74, 6) is 0. The van der Waals surface area contributed by atoms with E-state index in [1.165, 1.54) is 58.3 Å². The number of hydrogen-bond acceptors (Lipinski definition) is 1. The van der Waals surface area contributed by atoms with Gasteiger partial charge in [-0.3, -0.25) is 0 Å². The maximum Gasteiger partial charge on any atom is 0.314 e. The van der Waals surface area contributed by atoms with E-state index < -0.39 is 0 Å². The van der Waals surface area contributed by atoms with E-state index in [0.717, 1.165) is 19.1 Å². The highest BCUT2D eigenvalue weighted by Gasteiger charge is 2.29. The van der Waals surface area contributed by atoms with Crippen molar-refractivity contribution in [3.63, 3.8) is 0 Å². The average Bonchev–Trinajstić information content (AvgIpc) is 2.48. The number of quaternary nitrogens is 2. The Kier molecular flexibility index (Phi) is 5.92. The van der Waals surface area contributed by atoms with E-state index in [1.807, 2.05) is 4.90 Å². The zero-order valence-corrected chi connectivity index (χ0v) is 12.3. The van der Waals surface area contributed by atoms with E-state index >= 15 is 0 Å². The lowest BCUT2D eigenvalue weighted by Crippen LogP contribution is -3.29. The van der Waals surface area contributed by atoms with E-state index in [2.05, 4.69) is 10.6 Å². The molecule has 1 saturated heterocycles. The highest BCUT2D eigenvalue weighted by atomic mass is 16.2. The molecule has 1 heterocycles. The van der Waals surface area contributed by atoms with Crippen LogP contribution in [0.1, 0.15) is 32.1 Å². The number of nitrogens with one attached hydrogen (secondary N) is 4. The van der Waals surface area contributed by atoms with Crippen LogP contribution >= 0.6 is 0 Å². The number of urea groups is 1. The van der Waals surface area contributed by atoms with Crippen LogP contribution in [0, 0.1) is 0 Å². The lowest BCUT2D eigenvalue weighted by atomic mass is 9.94. The van der Waals surface area contributed by atoms with Crippen molar-refractivity contribution in [1.29, 1.82) is 0 Å². The lowest BCUT2D eigenvalue weighted by Gasteiger charge is -2.36. The zero-order chi connectivity index (χ0) is 13.5. The van der Waals surface area contributed by atoms with Crippen molar-refractivity contribution in [2.45, 2.75) is 38.1 Å². The monoisotopic (exact) mass is 270 g/mol. The van der Waals surface area contributed by atoms with Crippen molar-refractivity contribution in [3.8, 4) is 0 Å². The molecule has 2 amide bonds. The molecule has 0 spiro atoms. The Bertz CT molecular complexity index is 271. The van der Waals surface area contributed by atoms with Gasteiger partial charge in [-0.1, -0.05) is 6.42 Å². The minimum Gasteiger partial charge on any atom is -0.341 e. The first-order valence-electron chi connectivity index (χ1n) is 7.93. The van der Waals surface area contributed by atoms with E-state index in [1.54, 1.807) is 11.9 Å². The molecule has 0 bridgehead atoms. The third-order valence-corrected chi connectivity index (χ3v) is 4.77. The Balaban J connectivity index is 1.60. The summed E-state index contributed by atoms with van der Waals surface area (Å²) in [5.41, 5.74) is 0. The smallest absolute Gasteiger partial charge is 0.314 e. The SMILES string of the molecule is CNC(=O)NCC[NH+]1CC[NH+](C2CCCCC2)CC1. The van der Waals surface area contributed by atoms with E-state index in [-0.39, 0.29) is 6.03 Å². The normalized spacial score (nSPS) is 28.9. The number of carbonyl (C=O) groups excluding carboxylic acids is 1. The first-order valence-corrected chi connectivity index (χ1v) is 7.93. The van der Waals surface area contributed by atoms with Gasteiger partial charge in [0.05, 0.1) is 19.1 Å². The van der Waals surface area contributed by atoms with Gasteiger partial charge in [0.2, 0.25) is 0 Å². The third-order valence-electron chi connectivity index (χ3n) is 4.77. The molecule has 0 radical (unpaired) electrons. The minimum atomic E-state index is -0.0640. The van der Waals surface area contributed by atoms with Gasteiger partial charge in [0.1, 0.15) is 26.2 Å². The van der Waals surface area contributed by atoms with Crippen LogP contribution in [-0.4, -0.2) is 58.4 Å². The van der Waals surface area contributed by atoms with Gasteiger partial charge in [0.25, 0.3) is 0 Å². The Labute approximate surface area is 116 Å². The summed E-state index contributed by atoms with van der Waals surface area (Å²) in [5, 5.41) is 5.47. The van der Waals surface area contributed by atoms with Gasteiger partial charge in [-0.2, -0.15) is 0 Å². The number of hydrogen-bond donors (Lipinski definition) is 4. The molecule has 0 aromatic heterocycles. The van der Waals surface area contributed by atoms with Crippen LogP contribution in [-0.2, 0) is 0 Å². The van der Waals surface area contributed by atoms with Gasteiger partial charge in [-0.15, -0.1) is 0 Å². The van der Waals surface area contributed by atoms with Crippen molar-refractivity contribution in [2.24, 2.45) is 0 Å². The van der Waals surface area contributed by atoms with Gasteiger partial charge in [0.15, 0.2) is 0 Å². The molecule has 5 heteroatoms. The second-order valence-electron chi connectivity index (χ2n) is 6.00. The summed E-state index contributed by atoms with van der Waals surface area (Å²) in [6.45, 7) is 7.02. The molecule has 2 aliphatic rings. The molecular formula is C14H30N4O+2. The molecule has 2 fully saturated rings. The molecule has 1 saturated carbocycles. The predicted octanol–water partition coefficient (Wildman–Crippen LogP) is -1.97. The fraction of sp³-hybridized carbons (Fsp3) is 0.929. The van der Waals surface area contributed by atoms with E-state index in [0.29, 0.717) is 0 Å². The molecular weight excluding hydrogens is 240 g/mol. The topological polar surface area (TPSA) is 50.0 Å². The van der Waals surface area contributed by atoms with Crippen LogP contribution in [0.15, 0.2) is 0 Å². The summed E-state index contributed by atoms with van der Waals surface area (Å²) in [6, 6.07) is 0.880. The Morgan fingerprint density at radius 3 is 2.42 bits per heavy atom. The Hall–Kier alpha value is -0.810. The maximum absolute atomic E-state index is 11.1. The predicted molar refractivity (Wildman–Crippen MR) is 75.6 cm³/mol. The van der Waals surface area contributed by atoms with E-state index in [9.17, 15) is 4.79 Å². The van der Waals surface area contributed by atoms with Crippen molar-refractivity contribution >= 4 is 6.03 Å². The summed E-state index contributed by atoms with van der Waals surface area (Å²) in [6.07, 6.45) is 7.24. The zero-order valence-electron chi connectivity index (χ0n) is 12.3. The number of rotatable bonds is 4. The first-order chi connectivity index (χ1) is 9.29. The quantitative estimate of drug-likeness (QED) is 0.471. The Morgan fingerprint density at radius 1 is 1.11 bits per heavy atom. The molecule has 0 atom stereocenters. The van der Waals surface area contributed by atoms with Gasteiger partial charge >= 0.3 is 6.03 Å². The van der Waals surface area contributed by atoms with Gasteiger partial charge in [-0.25, -0.2) is 4.79 Å². The highest BCUT2D eigenvalue weighted by Crippen LogP contribution is 2.15. The first kappa shape index (κ1) is 14.6. The highest BCUT2D eigenvalue weighted by molar-refractivity contribution is 5.73. The molecule has 19 heavy (non-hydrogen) atoms. The standard InChI is InChI=1S/C14H28N4O/c1-15-14(19)16-7-8-17-9-11-18(12-10-17)13-5-3-2-4-6-13/h13H,2-12H2,1H3,(H2,15,16,19)/p+2. The summed E-state index contributed by atoms with van der Waals surface area (Å²) < 4.78 is 0. The van der Waals surface area contributed by atoms with Gasteiger partial charge in [0, 0.05) is 7.05 Å². The third kappa shape index (κ3) is 4.66. The molecule has 1 aliphatic heterocycles. The van der Waals surface area contributed by atoms with Crippen LogP contribution < -0.4 is 20.4 Å². The molecule has 5 nitrogen and oxygen atoms in total. The Morgan fingerprint density at radius 2 is 1.79 bits per heavy atom. The van der Waals surface area contributed by atoms with E-state index in [4.69, 9.17) is 0 Å². The minimum absolute atomic E-state index is 0.0640.